The van der Waals surface area contributed by atoms with Gasteiger partial charge in [-0.3, -0.25) is 15.0 Å². The highest BCUT2D eigenvalue weighted by molar-refractivity contribution is 7.19. The second-order valence-corrected chi connectivity index (χ2v) is 7.83. The van der Waals surface area contributed by atoms with Crippen molar-refractivity contribution in [1.82, 2.24) is 19.9 Å². The van der Waals surface area contributed by atoms with E-state index < -0.39 is 0 Å². The topological polar surface area (TPSA) is 87.4 Å². The van der Waals surface area contributed by atoms with Crippen molar-refractivity contribution < 1.29 is 0 Å². The molecule has 31 heavy (non-hydrogen) atoms. The van der Waals surface area contributed by atoms with Crippen LogP contribution in [0.3, 0.4) is 0 Å². The lowest BCUT2D eigenvalue weighted by Crippen LogP contribution is -1.98. The van der Waals surface area contributed by atoms with Gasteiger partial charge in [-0.2, -0.15) is 5.26 Å². The summed E-state index contributed by atoms with van der Waals surface area (Å²) in [7, 11) is 0. The summed E-state index contributed by atoms with van der Waals surface area (Å²) < 4.78 is 0. The van der Waals surface area contributed by atoms with Crippen LogP contribution < -0.4 is 5.32 Å². The number of thiazole rings is 1. The molecule has 5 rings (SSSR count). The van der Waals surface area contributed by atoms with Gasteiger partial charge in [0.25, 0.3) is 0 Å². The first kappa shape index (κ1) is 18.9. The number of anilines is 1. The molecule has 0 radical (unpaired) electrons. The third kappa shape index (κ3) is 3.97. The van der Waals surface area contributed by atoms with E-state index in [1.54, 1.807) is 29.9 Å². The molecule has 0 aliphatic rings. The first-order valence-corrected chi connectivity index (χ1v) is 10.5. The van der Waals surface area contributed by atoms with E-state index in [-0.39, 0.29) is 0 Å². The molecule has 2 aromatic carbocycles. The zero-order valence-corrected chi connectivity index (χ0v) is 17.2. The lowest BCUT2D eigenvalue weighted by molar-refractivity contribution is 1.13. The molecule has 0 saturated heterocycles. The van der Waals surface area contributed by atoms with Crippen molar-refractivity contribution >= 4 is 27.5 Å². The van der Waals surface area contributed by atoms with Crippen LogP contribution in [0.1, 0.15) is 11.1 Å². The van der Waals surface area contributed by atoms with Crippen LogP contribution in [0.4, 0.5) is 5.13 Å². The van der Waals surface area contributed by atoms with Gasteiger partial charge in [-0.1, -0.05) is 35.6 Å². The number of fused-ring (bicyclic) bond motifs is 1. The molecule has 7 heteroatoms. The molecule has 3 aromatic heterocycles. The first-order chi connectivity index (χ1) is 15.3. The Morgan fingerprint density at radius 1 is 0.871 bits per heavy atom. The summed E-state index contributed by atoms with van der Waals surface area (Å²) in [5.41, 5.74) is 6.11. The zero-order chi connectivity index (χ0) is 21.0. The summed E-state index contributed by atoms with van der Waals surface area (Å²) in [6, 6.07) is 21.5. The van der Waals surface area contributed by atoms with Crippen LogP contribution in [-0.4, -0.2) is 19.9 Å². The van der Waals surface area contributed by atoms with Crippen LogP contribution in [0.15, 0.2) is 79.3 Å². The fourth-order valence-corrected chi connectivity index (χ4v) is 4.21. The van der Waals surface area contributed by atoms with Crippen molar-refractivity contribution in [1.29, 1.82) is 5.26 Å². The first-order valence-electron chi connectivity index (χ1n) is 9.66. The average Bonchev–Trinajstić information content (AvgIpc) is 3.28. The maximum absolute atomic E-state index is 8.96. The maximum atomic E-state index is 8.96. The van der Waals surface area contributed by atoms with Crippen LogP contribution in [0.5, 0.6) is 0 Å². The minimum atomic E-state index is 0.615. The maximum Gasteiger partial charge on any atom is 0.184 e. The van der Waals surface area contributed by atoms with E-state index in [0.717, 1.165) is 43.6 Å². The van der Waals surface area contributed by atoms with Crippen LogP contribution in [-0.2, 0) is 6.54 Å². The van der Waals surface area contributed by atoms with E-state index in [0.29, 0.717) is 12.1 Å². The number of pyridine rings is 1. The molecule has 0 fully saturated rings. The molecule has 5 aromatic rings. The van der Waals surface area contributed by atoms with Gasteiger partial charge in [-0.05, 0) is 42.0 Å². The van der Waals surface area contributed by atoms with Gasteiger partial charge in [0, 0.05) is 30.7 Å². The largest absolute Gasteiger partial charge is 0.357 e. The second-order valence-electron chi connectivity index (χ2n) is 6.83. The van der Waals surface area contributed by atoms with Crippen molar-refractivity contribution in [3.05, 3.63) is 90.4 Å². The van der Waals surface area contributed by atoms with Crippen LogP contribution in [0, 0.1) is 11.3 Å². The Hall–Kier alpha value is -4.15. The van der Waals surface area contributed by atoms with E-state index in [2.05, 4.69) is 26.3 Å². The summed E-state index contributed by atoms with van der Waals surface area (Å²) in [5.74, 6) is 0. The smallest absolute Gasteiger partial charge is 0.184 e. The molecular weight excluding hydrogens is 404 g/mol. The highest BCUT2D eigenvalue weighted by atomic mass is 32.1. The van der Waals surface area contributed by atoms with Crippen molar-refractivity contribution in [2.24, 2.45) is 0 Å². The average molecular weight is 421 g/mol. The minimum absolute atomic E-state index is 0.615. The van der Waals surface area contributed by atoms with Crippen molar-refractivity contribution in [2.45, 2.75) is 6.54 Å². The van der Waals surface area contributed by atoms with Gasteiger partial charge in [0.2, 0.25) is 0 Å². The highest BCUT2D eigenvalue weighted by Gasteiger charge is 2.16. The van der Waals surface area contributed by atoms with Gasteiger partial charge in [-0.15, -0.1) is 0 Å². The van der Waals surface area contributed by atoms with Gasteiger partial charge < -0.3 is 5.32 Å². The van der Waals surface area contributed by atoms with Gasteiger partial charge in [0.1, 0.15) is 0 Å². The van der Waals surface area contributed by atoms with Crippen molar-refractivity contribution in [3.63, 3.8) is 0 Å². The van der Waals surface area contributed by atoms with Crippen molar-refractivity contribution in [2.75, 3.05) is 5.32 Å². The lowest BCUT2D eigenvalue weighted by atomic mass is 10.1. The summed E-state index contributed by atoms with van der Waals surface area (Å²) >= 11 is 1.57. The predicted molar refractivity (Wildman–Crippen MR) is 122 cm³/mol. The Bertz CT molecular complexity index is 1390. The molecule has 148 valence electrons. The number of rotatable bonds is 5. The number of nitrogens with zero attached hydrogens (tertiary/aromatic N) is 5. The zero-order valence-electron chi connectivity index (χ0n) is 16.4. The molecular formula is C24H16N6S. The number of benzene rings is 2. The van der Waals surface area contributed by atoms with Gasteiger partial charge in [0.05, 0.1) is 38.9 Å². The predicted octanol–water partition coefficient (Wildman–Crippen LogP) is 5.30. The fraction of sp³-hybridized carbons (Fsp3) is 0.0417. The Morgan fingerprint density at radius 3 is 2.48 bits per heavy atom. The normalized spacial score (nSPS) is 10.7. The molecule has 1 N–H and O–H groups in total. The molecule has 0 unspecified atom stereocenters. The van der Waals surface area contributed by atoms with E-state index in [1.165, 1.54) is 0 Å². The van der Waals surface area contributed by atoms with Crippen LogP contribution in [0.2, 0.25) is 0 Å². The molecule has 0 saturated carbocycles. The molecule has 0 atom stereocenters. The van der Waals surface area contributed by atoms with E-state index >= 15 is 0 Å². The highest BCUT2D eigenvalue weighted by Crippen LogP contribution is 2.38. The summed E-state index contributed by atoms with van der Waals surface area (Å²) in [5, 5.41) is 13.2. The Morgan fingerprint density at radius 2 is 1.71 bits per heavy atom. The van der Waals surface area contributed by atoms with Crippen LogP contribution in [0.25, 0.3) is 32.9 Å². The third-order valence-electron chi connectivity index (χ3n) is 4.79. The summed E-state index contributed by atoms with van der Waals surface area (Å²) in [6.07, 6.45) is 5.17. The van der Waals surface area contributed by atoms with Crippen molar-refractivity contribution in [3.8, 4) is 27.9 Å². The van der Waals surface area contributed by atoms with E-state index in [9.17, 15) is 0 Å². The van der Waals surface area contributed by atoms with Gasteiger partial charge in [-0.25, -0.2) is 4.98 Å². The number of hydrogen-bond acceptors (Lipinski definition) is 7. The Labute approximate surface area is 182 Å². The molecule has 0 amide bonds. The number of nitriles is 1. The van der Waals surface area contributed by atoms with E-state index in [1.807, 2.05) is 60.7 Å². The monoisotopic (exact) mass is 420 g/mol. The van der Waals surface area contributed by atoms with E-state index in [4.69, 9.17) is 10.2 Å². The fourth-order valence-electron chi connectivity index (χ4n) is 3.25. The quantitative estimate of drug-likeness (QED) is 0.415. The molecule has 0 spiro atoms. The molecule has 0 bridgehead atoms. The summed E-state index contributed by atoms with van der Waals surface area (Å²) in [6.45, 7) is 0.615. The molecule has 3 heterocycles. The number of nitrogens with one attached hydrogen (secondary N) is 1. The van der Waals surface area contributed by atoms with Crippen LogP contribution >= 0.6 is 11.3 Å². The molecule has 0 aliphatic heterocycles. The van der Waals surface area contributed by atoms with Gasteiger partial charge in [0.15, 0.2) is 5.13 Å². The number of hydrogen-bond donors (Lipinski definition) is 1. The summed E-state index contributed by atoms with van der Waals surface area (Å²) in [4.78, 5) is 19.2. The molecule has 0 aliphatic carbocycles. The molecule has 6 nitrogen and oxygen atoms in total. The SMILES string of the molecule is N#Cc1ccc(CNc2nc(-c3ccc4nccnc4c3)c(-c3ccccn3)s2)cc1. The standard InChI is InChI=1S/C24H16N6S/c25-14-16-4-6-17(7-5-16)15-29-24-30-22(23(31-24)20-3-1-2-10-26-20)18-8-9-19-21(13-18)28-12-11-27-19/h1-13H,15H2,(H,29,30). The lowest BCUT2D eigenvalue weighted by Gasteiger charge is -2.03. The second kappa shape index (κ2) is 8.30. The number of aromatic nitrogens is 4. The Balaban J connectivity index is 1.51. The Kier molecular flexibility index (Phi) is 5.05. The minimum Gasteiger partial charge on any atom is -0.357 e. The third-order valence-corrected chi connectivity index (χ3v) is 5.83. The van der Waals surface area contributed by atoms with Gasteiger partial charge >= 0.3 is 0 Å².